The van der Waals surface area contributed by atoms with Crippen molar-refractivity contribution in [3.8, 4) is 0 Å². The van der Waals surface area contributed by atoms with Gasteiger partial charge in [-0.05, 0) is 49.8 Å². The van der Waals surface area contributed by atoms with Gasteiger partial charge in [-0.3, -0.25) is 4.98 Å². The first-order valence-corrected chi connectivity index (χ1v) is 6.39. The fourth-order valence-electron chi connectivity index (χ4n) is 1.85. The molecule has 3 nitrogen and oxygen atoms in total. The lowest BCUT2D eigenvalue weighted by molar-refractivity contribution is -0.137. The summed E-state index contributed by atoms with van der Waals surface area (Å²) >= 11 is 6.00. The van der Waals surface area contributed by atoms with Crippen LogP contribution < -0.4 is 0 Å². The molecule has 0 saturated carbocycles. The van der Waals surface area contributed by atoms with Crippen LogP contribution in [0.5, 0.6) is 0 Å². The van der Waals surface area contributed by atoms with Crippen LogP contribution in [-0.4, -0.2) is 17.6 Å². The van der Waals surface area contributed by atoms with E-state index in [0.717, 1.165) is 22.2 Å². The molecule has 1 aromatic heterocycles. The number of hydrogen-bond donors (Lipinski definition) is 0. The maximum absolute atomic E-state index is 11.4. The Morgan fingerprint density at radius 1 is 1.42 bits per heavy atom. The Bertz CT molecular complexity index is 650. The van der Waals surface area contributed by atoms with Gasteiger partial charge in [0.05, 0.1) is 12.1 Å². The van der Waals surface area contributed by atoms with Gasteiger partial charge in [-0.15, -0.1) is 0 Å². The SMILES string of the molecule is CCOC(=O)/C=C/c1cc(C)nc2ccc(Cl)cc12. The van der Waals surface area contributed by atoms with Crippen molar-refractivity contribution in [2.24, 2.45) is 0 Å². The number of nitrogens with zero attached hydrogens (tertiary/aromatic N) is 1. The van der Waals surface area contributed by atoms with E-state index in [9.17, 15) is 4.79 Å². The molecule has 0 N–H and O–H groups in total. The molecule has 0 fully saturated rings. The Morgan fingerprint density at radius 2 is 2.21 bits per heavy atom. The van der Waals surface area contributed by atoms with Gasteiger partial charge in [0.2, 0.25) is 0 Å². The third-order valence-electron chi connectivity index (χ3n) is 2.62. The highest BCUT2D eigenvalue weighted by molar-refractivity contribution is 6.31. The maximum Gasteiger partial charge on any atom is 0.330 e. The van der Waals surface area contributed by atoms with Gasteiger partial charge in [-0.2, -0.15) is 0 Å². The fourth-order valence-corrected chi connectivity index (χ4v) is 2.02. The van der Waals surface area contributed by atoms with Crippen LogP contribution in [0.2, 0.25) is 5.02 Å². The number of ether oxygens (including phenoxy) is 1. The quantitative estimate of drug-likeness (QED) is 0.632. The zero-order valence-corrected chi connectivity index (χ0v) is 11.6. The van der Waals surface area contributed by atoms with Crippen molar-refractivity contribution in [3.05, 3.63) is 46.6 Å². The molecule has 0 aliphatic carbocycles. The molecule has 0 radical (unpaired) electrons. The van der Waals surface area contributed by atoms with Crippen LogP contribution in [0.1, 0.15) is 18.2 Å². The van der Waals surface area contributed by atoms with Crippen molar-refractivity contribution in [1.82, 2.24) is 4.98 Å². The van der Waals surface area contributed by atoms with Gasteiger partial charge in [0.15, 0.2) is 0 Å². The molecule has 0 aliphatic heterocycles. The van der Waals surface area contributed by atoms with E-state index in [2.05, 4.69) is 4.98 Å². The number of fused-ring (bicyclic) bond motifs is 1. The van der Waals surface area contributed by atoms with Crippen molar-refractivity contribution in [1.29, 1.82) is 0 Å². The first-order chi connectivity index (χ1) is 9.10. The normalized spacial score (nSPS) is 11.1. The van der Waals surface area contributed by atoms with Crippen molar-refractivity contribution in [2.45, 2.75) is 13.8 Å². The summed E-state index contributed by atoms with van der Waals surface area (Å²) in [5.41, 5.74) is 2.64. The average Bonchev–Trinajstić information content (AvgIpc) is 2.37. The number of carbonyl (C=O) groups excluding carboxylic acids is 1. The molecule has 1 heterocycles. The minimum atomic E-state index is -0.354. The van der Waals surface area contributed by atoms with Gasteiger partial charge >= 0.3 is 5.97 Å². The van der Waals surface area contributed by atoms with Crippen LogP contribution in [0.4, 0.5) is 0 Å². The molecule has 0 bridgehead atoms. The van der Waals surface area contributed by atoms with E-state index in [-0.39, 0.29) is 5.97 Å². The lowest BCUT2D eigenvalue weighted by Gasteiger charge is -2.04. The lowest BCUT2D eigenvalue weighted by atomic mass is 10.1. The highest BCUT2D eigenvalue weighted by atomic mass is 35.5. The molecule has 0 amide bonds. The van der Waals surface area contributed by atoms with Crippen LogP contribution >= 0.6 is 11.6 Å². The lowest BCUT2D eigenvalue weighted by Crippen LogP contribution is -1.98. The predicted octanol–water partition coefficient (Wildman–Crippen LogP) is 3.77. The van der Waals surface area contributed by atoms with Crippen molar-refractivity contribution < 1.29 is 9.53 Å². The van der Waals surface area contributed by atoms with Gasteiger partial charge in [0.25, 0.3) is 0 Å². The van der Waals surface area contributed by atoms with E-state index in [0.29, 0.717) is 11.6 Å². The summed E-state index contributed by atoms with van der Waals surface area (Å²) in [6.45, 7) is 4.05. The number of esters is 1. The Balaban J connectivity index is 2.46. The number of benzene rings is 1. The van der Waals surface area contributed by atoms with Crippen LogP contribution in [0, 0.1) is 6.92 Å². The van der Waals surface area contributed by atoms with E-state index < -0.39 is 0 Å². The van der Waals surface area contributed by atoms with E-state index in [1.807, 2.05) is 25.1 Å². The molecule has 1 aromatic carbocycles. The highest BCUT2D eigenvalue weighted by Crippen LogP contribution is 2.23. The molecular formula is C15H14ClNO2. The first kappa shape index (κ1) is 13.6. The van der Waals surface area contributed by atoms with Crippen molar-refractivity contribution >= 4 is 34.5 Å². The van der Waals surface area contributed by atoms with Crippen LogP contribution in [0.15, 0.2) is 30.3 Å². The second-order valence-electron chi connectivity index (χ2n) is 4.10. The number of hydrogen-bond acceptors (Lipinski definition) is 3. The number of rotatable bonds is 3. The predicted molar refractivity (Wildman–Crippen MR) is 77.2 cm³/mol. The third kappa shape index (κ3) is 3.32. The van der Waals surface area contributed by atoms with E-state index in [1.165, 1.54) is 6.08 Å². The average molecular weight is 276 g/mol. The molecule has 2 aromatic rings. The summed E-state index contributed by atoms with van der Waals surface area (Å²) in [7, 11) is 0. The largest absolute Gasteiger partial charge is 0.463 e. The Morgan fingerprint density at radius 3 is 2.95 bits per heavy atom. The van der Waals surface area contributed by atoms with E-state index in [1.54, 1.807) is 19.1 Å². The Labute approximate surface area is 116 Å². The fraction of sp³-hybridized carbons (Fsp3) is 0.200. The van der Waals surface area contributed by atoms with Crippen molar-refractivity contribution in [2.75, 3.05) is 6.61 Å². The minimum Gasteiger partial charge on any atom is -0.463 e. The summed E-state index contributed by atoms with van der Waals surface area (Å²) in [5, 5.41) is 1.56. The van der Waals surface area contributed by atoms with Crippen molar-refractivity contribution in [3.63, 3.8) is 0 Å². The molecule has 0 unspecified atom stereocenters. The maximum atomic E-state index is 11.4. The molecular weight excluding hydrogens is 262 g/mol. The molecule has 0 saturated heterocycles. The molecule has 4 heteroatoms. The first-order valence-electron chi connectivity index (χ1n) is 6.02. The monoisotopic (exact) mass is 275 g/mol. The number of pyridine rings is 1. The summed E-state index contributed by atoms with van der Waals surface area (Å²) in [6.07, 6.45) is 3.14. The summed E-state index contributed by atoms with van der Waals surface area (Å²) in [5.74, 6) is -0.354. The van der Waals surface area contributed by atoms with E-state index in [4.69, 9.17) is 16.3 Å². The Kier molecular flexibility index (Phi) is 4.17. The summed E-state index contributed by atoms with van der Waals surface area (Å²) in [4.78, 5) is 15.8. The minimum absolute atomic E-state index is 0.354. The molecule has 0 aliphatic rings. The standard InChI is InChI=1S/C15H14ClNO2/c1-3-19-15(18)7-4-11-8-10(2)17-14-6-5-12(16)9-13(11)14/h4-9H,3H2,1-2H3/b7-4+. The van der Waals surface area contributed by atoms with Crippen LogP contribution in [0.25, 0.3) is 17.0 Å². The molecule has 0 spiro atoms. The zero-order chi connectivity index (χ0) is 13.8. The van der Waals surface area contributed by atoms with Gasteiger partial charge in [0, 0.05) is 22.2 Å². The summed E-state index contributed by atoms with van der Waals surface area (Å²) < 4.78 is 4.86. The van der Waals surface area contributed by atoms with Crippen LogP contribution in [-0.2, 0) is 9.53 Å². The number of halogens is 1. The number of aryl methyl sites for hydroxylation is 1. The topological polar surface area (TPSA) is 39.2 Å². The Hall–Kier alpha value is -1.87. The zero-order valence-electron chi connectivity index (χ0n) is 10.8. The highest BCUT2D eigenvalue weighted by Gasteiger charge is 2.03. The smallest absolute Gasteiger partial charge is 0.330 e. The van der Waals surface area contributed by atoms with E-state index >= 15 is 0 Å². The molecule has 2 rings (SSSR count). The molecule has 19 heavy (non-hydrogen) atoms. The molecule has 98 valence electrons. The van der Waals surface area contributed by atoms with Gasteiger partial charge < -0.3 is 4.74 Å². The third-order valence-corrected chi connectivity index (χ3v) is 2.85. The molecule has 0 atom stereocenters. The van der Waals surface area contributed by atoms with Gasteiger partial charge in [-0.1, -0.05) is 11.6 Å². The van der Waals surface area contributed by atoms with Crippen LogP contribution in [0.3, 0.4) is 0 Å². The number of aromatic nitrogens is 1. The van der Waals surface area contributed by atoms with Gasteiger partial charge in [-0.25, -0.2) is 4.79 Å². The number of carbonyl (C=O) groups is 1. The second kappa shape index (κ2) is 5.85. The second-order valence-corrected chi connectivity index (χ2v) is 4.54. The van der Waals surface area contributed by atoms with Gasteiger partial charge in [0.1, 0.15) is 0 Å². The summed E-state index contributed by atoms with van der Waals surface area (Å²) in [6, 6.07) is 7.42.